The average Bonchev–Trinajstić information content (AvgIpc) is 3.37. The first-order valence-electron chi connectivity index (χ1n) is 8.83. The number of rotatable bonds is 8. The lowest BCUT2D eigenvalue weighted by atomic mass is 9.98. The van der Waals surface area contributed by atoms with Crippen LogP contribution in [0.1, 0.15) is 68.4 Å². The lowest BCUT2D eigenvalue weighted by Crippen LogP contribution is -2.20. The van der Waals surface area contributed by atoms with Crippen molar-refractivity contribution in [1.29, 1.82) is 0 Å². The van der Waals surface area contributed by atoms with Gasteiger partial charge in [0.1, 0.15) is 0 Å². The SMILES string of the molecule is c1cc(CNCCCOC2CCCCC2)cc(C2CC2)c1. The van der Waals surface area contributed by atoms with E-state index in [9.17, 15) is 0 Å². The van der Waals surface area contributed by atoms with Crippen molar-refractivity contribution in [3.63, 3.8) is 0 Å². The summed E-state index contributed by atoms with van der Waals surface area (Å²) in [6, 6.07) is 9.09. The number of nitrogens with one attached hydrogen (secondary N) is 1. The van der Waals surface area contributed by atoms with Gasteiger partial charge in [-0.2, -0.15) is 0 Å². The summed E-state index contributed by atoms with van der Waals surface area (Å²) in [4.78, 5) is 0. The summed E-state index contributed by atoms with van der Waals surface area (Å²) in [7, 11) is 0. The molecule has 2 fully saturated rings. The minimum Gasteiger partial charge on any atom is -0.378 e. The summed E-state index contributed by atoms with van der Waals surface area (Å²) in [5.41, 5.74) is 2.96. The van der Waals surface area contributed by atoms with E-state index in [1.807, 2.05) is 0 Å². The van der Waals surface area contributed by atoms with Gasteiger partial charge in [-0.25, -0.2) is 0 Å². The third-order valence-electron chi connectivity index (χ3n) is 4.73. The second-order valence-electron chi connectivity index (χ2n) is 6.68. The molecule has 0 heterocycles. The smallest absolute Gasteiger partial charge is 0.0575 e. The van der Waals surface area contributed by atoms with Gasteiger partial charge in [0.25, 0.3) is 0 Å². The molecule has 116 valence electrons. The lowest BCUT2D eigenvalue weighted by Gasteiger charge is -2.21. The van der Waals surface area contributed by atoms with Crippen molar-refractivity contribution >= 4 is 0 Å². The highest BCUT2D eigenvalue weighted by Crippen LogP contribution is 2.40. The Morgan fingerprint density at radius 2 is 1.90 bits per heavy atom. The second kappa shape index (κ2) is 7.95. The van der Waals surface area contributed by atoms with Crippen molar-refractivity contribution in [3.8, 4) is 0 Å². The molecule has 2 aliphatic rings. The van der Waals surface area contributed by atoms with E-state index in [1.165, 1.54) is 56.1 Å². The maximum Gasteiger partial charge on any atom is 0.0575 e. The molecule has 0 aliphatic heterocycles. The van der Waals surface area contributed by atoms with E-state index >= 15 is 0 Å². The topological polar surface area (TPSA) is 21.3 Å². The van der Waals surface area contributed by atoms with E-state index in [2.05, 4.69) is 29.6 Å². The Labute approximate surface area is 129 Å². The molecule has 0 radical (unpaired) electrons. The Bertz CT molecular complexity index is 421. The molecule has 0 atom stereocenters. The summed E-state index contributed by atoms with van der Waals surface area (Å²) in [5.74, 6) is 0.855. The van der Waals surface area contributed by atoms with Crippen molar-refractivity contribution < 1.29 is 4.74 Å². The normalized spacial score (nSPS) is 19.8. The van der Waals surface area contributed by atoms with Crippen molar-refractivity contribution in [2.75, 3.05) is 13.2 Å². The first-order chi connectivity index (χ1) is 10.4. The monoisotopic (exact) mass is 287 g/mol. The van der Waals surface area contributed by atoms with E-state index < -0.39 is 0 Å². The molecule has 2 nitrogen and oxygen atoms in total. The Morgan fingerprint density at radius 3 is 2.71 bits per heavy atom. The van der Waals surface area contributed by atoms with Crippen LogP contribution in [0.2, 0.25) is 0 Å². The first kappa shape index (κ1) is 15.1. The lowest BCUT2D eigenvalue weighted by molar-refractivity contribution is 0.0273. The zero-order valence-corrected chi connectivity index (χ0v) is 13.2. The van der Waals surface area contributed by atoms with E-state index in [1.54, 1.807) is 0 Å². The molecule has 1 N–H and O–H groups in total. The molecular weight excluding hydrogens is 258 g/mol. The van der Waals surface area contributed by atoms with Gasteiger partial charge in [0.2, 0.25) is 0 Å². The molecule has 0 unspecified atom stereocenters. The third kappa shape index (κ3) is 5.12. The highest BCUT2D eigenvalue weighted by Gasteiger charge is 2.23. The first-order valence-corrected chi connectivity index (χ1v) is 8.83. The van der Waals surface area contributed by atoms with Gasteiger partial charge in [-0.15, -0.1) is 0 Å². The molecule has 1 aromatic rings. The molecule has 21 heavy (non-hydrogen) atoms. The fourth-order valence-electron chi connectivity index (χ4n) is 3.29. The van der Waals surface area contributed by atoms with Gasteiger partial charge in [-0.1, -0.05) is 43.5 Å². The Kier molecular flexibility index (Phi) is 5.70. The van der Waals surface area contributed by atoms with Gasteiger partial charge in [-0.3, -0.25) is 0 Å². The Balaban J connectivity index is 1.26. The quantitative estimate of drug-likeness (QED) is 0.716. The molecule has 2 aliphatic carbocycles. The molecule has 0 bridgehead atoms. The van der Waals surface area contributed by atoms with Crippen LogP contribution in [0.4, 0.5) is 0 Å². The van der Waals surface area contributed by atoms with Crippen LogP contribution in [0.15, 0.2) is 24.3 Å². The Hall–Kier alpha value is -0.860. The molecule has 2 saturated carbocycles. The van der Waals surface area contributed by atoms with Crippen LogP contribution in [0.25, 0.3) is 0 Å². The van der Waals surface area contributed by atoms with E-state index in [4.69, 9.17) is 4.74 Å². The zero-order valence-electron chi connectivity index (χ0n) is 13.2. The van der Waals surface area contributed by atoms with Crippen LogP contribution in [-0.4, -0.2) is 19.3 Å². The molecule has 0 spiro atoms. The van der Waals surface area contributed by atoms with Gasteiger partial charge in [0.05, 0.1) is 6.10 Å². The second-order valence-corrected chi connectivity index (χ2v) is 6.68. The minimum absolute atomic E-state index is 0.550. The van der Waals surface area contributed by atoms with Crippen LogP contribution in [-0.2, 0) is 11.3 Å². The van der Waals surface area contributed by atoms with E-state index in [0.717, 1.165) is 32.0 Å². The van der Waals surface area contributed by atoms with Crippen molar-refractivity contribution in [3.05, 3.63) is 35.4 Å². The molecular formula is C19H29NO. The number of benzene rings is 1. The van der Waals surface area contributed by atoms with Gasteiger partial charge in [0.15, 0.2) is 0 Å². The van der Waals surface area contributed by atoms with Crippen molar-refractivity contribution in [2.45, 2.75) is 69.9 Å². The fourth-order valence-corrected chi connectivity index (χ4v) is 3.29. The predicted octanol–water partition coefficient (Wildman–Crippen LogP) is 4.39. The summed E-state index contributed by atoms with van der Waals surface area (Å²) in [6.07, 6.45) is 11.1. The fraction of sp³-hybridized carbons (Fsp3) is 0.684. The van der Waals surface area contributed by atoms with Crippen LogP contribution in [0.5, 0.6) is 0 Å². The number of hydrogen-bond donors (Lipinski definition) is 1. The average molecular weight is 287 g/mol. The summed E-state index contributed by atoms with van der Waals surface area (Å²) in [5, 5.41) is 3.55. The minimum atomic E-state index is 0.550. The van der Waals surface area contributed by atoms with Crippen LogP contribution in [0.3, 0.4) is 0 Å². The van der Waals surface area contributed by atoms with Gasteiger partial charge in [-0.05, 0) is 55.7 Å². The van der Waals surface area contributed by atoms with Gasteiger partial charge < -0.3 is 10.1 Å². The maximum atomic E-state index is 5.95. The highest BCUT2D eigenvalue weighted by molar-refractivity contribution is 5.29. The van der Waals surface area contributed by atoms with Crippen LogP contribution in [0, 0.1) is 0 Å². The maximum absolute atomic E-state index is 5.95. The predicted molar refractivity (Wildman–Crippen MR) is 87.6 cm³/mol. The standard InChI is InChI=1S/C19H29NO/c1-2-8-19(9-3-1)21-13-5-12-20-15-16-6-4-7-18(14-16)17-10-11-17/h4,6-7,14,17,19-20H,1-3,5,8-13,15H2. The molecule has 2 heteroatoms. The molecule has 0 saturated heterocycles. The largest absolute Gasteiger partial charge is 0.378 e. The van der Waals surface area contributed by atoms with Gasteiger partial charge >= 0.3 is 0 Å². The molecule has 1 aromatic carbocycles. The molecule has 0 aromatic heterocycles. The van der Waals surface area contributed by atoms with E-state index in [0.29, 0.717) is 6.10 Å². The molecule has 0 amide bonds. The van der Waals surface area contributed by atoms with Crippen LogP contribution >= 0.6 is 0 Å². The summed E-state index contributed by atoms with van der Waals surface area (Å²) < 4.78 is 5.95. The number of ether oxygens (including phenoxy) is 1. The van der Waals surface area contributed by atoms with Crippen LogP contribution < -0.4 is 5.32 Å². The van der Waals surface area contributed by atoms with Crippen molar-refractivity contribution in [2.24, 2.45) is 0 Å². The number of hydrogen-bond acceptors (Lipinski definition) is 2. The summed E-state index contributed by atoms with van der Waals surface area (Å²) in [6.45, 7) is 2.96. The van der Waals surface area contributed by atoms with Gasteiger partial charge in [0, 0.05) is 13.2 Å². The van der Waals surface area contributed by atoms with E-state index in [-0.39, 0.29) is 0 Å². The molecule has 3 rings (SSSR count). The zero-order chi connectivity index (χ0) is 14.3. The summed E-state index contributed by atoms with van der Waals surface area (Å²) >= 11 is 0. The van der Waals surface area contributed by atoms with Crippen molar-refractivity contribution in [1.82, 2.24) is 5.32 Å². The highest BCUT2D eigenvalue weighted by atomic mass is 16.5. The Morgan fingerprint density at radius 1 is 1.05 bits per heavy atom. The third-order valence-corrected chi connectivity index (χ3v) is 4.73.